The van der Waals surface area contributed by atoms with Gasteiger partial charge in [0.1, 0.15) is 0 Å². The van der Waals surface area contributed by atoms with Crippen molar-refractivity contribution < 1.29 is 4.79 Å². The molecule has 1 aliphatic rings. The van der Waals surface area contributed by atoms with Crippen LogP contribution in [0.4, 0.5) is 0 Å². The number of rotatable bonds is 7. The first kappa shape index (κ1) is 20.9. The van der Waals surface area contributed by atoms with Crippen molar-refractivity contribution in [3.05, 3.63) is 71.3 Å². The molecule has 0 aromatic heterocycles. The second-order valence-corrected chi connectivity index (χ2v) is 7.25. The normalized spacial score (nSPS) is 15.7. The smallest absolute Gasteiger partial charge is 0.251 e. The largest absolute Gasteiger partial charge is 0.355 e. The Hall–Kier alpha value is -2.86. The van der Waals surface area contributed by atoms with Crippen LogP contribution in [0.5, 0.6) is 0 Å². The molecule has 1 amide bonds. The van der Waals surface area contributed by atoms with Gasteiger partial charge in [-0.3, -0.25) is 14.7 Å². The molecule has 1 heterocycles. The summed E-state index contributed by atoms with van der Waals surface area (Å²) in [5.41, 5.74) is 3.09. The first-order chi connectivity index (χ1) is 14.2. The van der Waals surface area contributed by atoms with Crippen molar-refractivity contribution in [2.75, 3.05) is 33.7 Å². The summed E-state index contributed by atoms with van der Waals surface area (Å²) in [7, 11) is 3.43. The maximum absolute atomic E-state index is 11.7. The molecule has 2 aromatic carbocycles. The molecule has 6 nitrogen and oxygen atoms in total. The molecule has 2 aromatic rings. The van der Waals surface area contributed by atoms with Crippen LogP contribution in [-0.4, -0.2) is 50.5 Å². The molecule has 0 aliphatic carbocycles. The van der Waals surface area contributed by atoms with Crippen LogP contribution >= 0.6 is 0 Å². The summed E-state index contributed by atoms with van der Waals surface area (Å²) < 4.78 is 0. The van der Waals surface area contributed by atoms with Gasteiger partial charge < -0.3 is 16.0 Å². The van der Waals surface area contributed by atoms with Crippen LogP contribution in [-0.2, 0) is 6.54 Å². The van der Waals surface area contributed by atoms with Crippen LogP contribution in [0.25, 0.3) is 0 Å². The summed E-state index contributed by atoms with van der Waals surface area (Å²) >= 11 is 0. The Morgan fingerprint density at radius 3 is 2.34 bits per heavy atom. The SMILES string of the molecule is CN=C(NCc1ccc(C(=O)NC)cc1)NCC(c1ccccc1)N1CCCC1. The zero-order valence-corrected chi connectivity index (χ0v) is 17.3. The predicted molar refractivity (Wildman–Crippen MR) is 118 cm³/mol. The van der Waals surface area contributed by atoms with Crippen molar-refractivity contribution in [3.8, 4) is 0 Å². The highest BCUT2D eigenvalue weighted by Gasteiger charge is 2.23. The number of nitrogens with one attached hydrogen (secondary N) is 3. The number of aliphatic imine (C=N–C) groups is 1. The molecule has 1 aliphatic heterocycles. The monoisotopic (exact) mass is 393 g/mol. The minimum Gasteiger partial charge on any atom is -0.355 e. The molecule has 1 fully saturated rings. The van der Waals surface area contributed by atoms with Gasteiger partial charge in [0, 0.05) is 32.7 Å². The molecule has 3 rings (SSSR count). The van der Waals surface area contributed by atoms with Gasteiger partial charge >= 0.3 is 0 Å². The van der Waals surface area contributed by atoms with Gasteiger partial charge in [-0.2, -0.15) is 0 Å². The highest BCUT2D eigenvalue weighted by Crippen LogP contribution is 2.24. The Bertz CT molecular complexity index is 798. The number of carbonyl (C=O) groups is 1. The lowest BCUT2D eigenvalue weighted by Crippen LogP contribution is -2.42. The molecule has 0 bridgehead atoms. The summed E-state index contributed by atoms with van der Waals surface area (Å²) in [6, 6.07) is 18.6. The summed E-state index contributed by atoms with van der Waals surface area (Å²) in [5.74, 6) is 0.705. The standard InChI is InChI=1S/C23H31N5O/c1-24-22(29)20-12-10-18(11-13-20)16-26-23(25-2)27-17-21(28-14-6-7-15-28)19-8-4-3-5-9-19/h3-5,8-13,21H,6-7,14-17H2,1-2H3,(H,24,29)(H2,25,26,27). The summed E-state index contributed by atoms with van der Waals surface area (Å²) in [4.78, 5) is 18.6. The molecule has 0 radical (unpaired) electrons. The molecule has 6 heteroatoms. The van der Waals surface area contributed by atoms with Crippen LogP contribution in [0.15, 0.2) is 59.6 Å². The number of likely N-dealkylation sites (tertiary alicyclic amines) is 1. The predicted octanol–water partition coefficient (Wildman–Crippen LogP) is 2.55. The van der Waals surface area contributed by atoms with Gasteiger partial charge in [0.25, 0.3) is 5.91 Å². The van der Waals surface area contributed by atoms with E-state index in [0.29, 0.717) is 18.2 Å². The second kappa shape index (κ2) is 10.6. The Kier molecular flexibility index (Phi) is 7.64. The van der Waals surface area contributed by atoms with Crippen LogP contribution in [0.2, 0.25) is 0 Å². The zero-order valence-electron chi connectivity index (χ0n) is 17.3. The van der Waals surface area contributed by atoms with E-state index < -0.39 is 0 Å². The topological polar surface area (TPSA) is 68.8 Å². The molecule has 1 saturated heterocycles. The van der Waals surface area contributed by atoms with Crippen molar-refractivity contribution in [1.82, 2.24) is 20.9 Å². The molecule has 0 saturated carbocycles. The summed E-state index contributed by atoms with van der Waals surface area (Å²) in [6.45, 7) is 3.74. The van der Waals surface area contributed by atoms with E-state index in [9.17, 15) is 4.79 Å². The van der Waals surface area contributed by atoms with E-state index in [1.54, 1.807) is 14.1 Å². The molecule has 0 spiro atoms. The van der Waals surface area contributed by atoms with Crippen LogP contribution in [0.1, 0.15) is 40.4 Å². The van der Waals surface area contributed by atoms with Gasteiger partial charge in [-0.15, -0.1) is 0 Å². The number of carbonyl (C=O) groups excluding carboxylic acids is 1. The fourth-order valence-electron chi connectivity index (χ4n) is 3.70. The highest BCUT2D eigenvalue weighted by atomic mass is 16.1. The van der Waals surface area contributed by atoms with Gasteiger partial charge in [0.15, 0.2) is 5.96 Å². The summed E-state index contributed by atoms with van der Waals surface area (Å²) in [6.07, 6.45) is 2.53. The molecule has 154 valence electrons. The van der Waals surface area contributed by atoms with E-state index in [1.165, 1.54) is 18.4 Å². The molecule has 29 heavy (non-hydrogen) atoms. The van der Waals surface area contributed by atoms with Crippen molar-refractivity contribution in [3.63, 3.8) is 0 Å². The Labute approximate surface area is 173 Å². The van der Waals surface area contributed by atoms with Crippen molar-refractivity contribution in [1.29, 1.82) is 0 Å². The number of nitrogens with zero attached hydrogens (tertiary/aromatic N) is 2. The molecular formula is C23H31N5O. The molecular weight excluding hydrogens is 362 g/mol. The Morgan fingerprint density at radius 2 is 1.72 bits per heavy atom. The quantitative estimate of drug-likeness (QED) is 0.500. The first-order valence-electron chi connectivity index (χ1n) is 10.3. The van der Waals surface area contributed by atoms with E-state index >= 15 is 0 Å². The fourth-order valence-corrected chi connectivity index (χ4v) is 3.70. The van der Waals surface area contributed by atoms with E-state index in [2.05, 4.69) is 56.2 Å². The number of guanidine groups is 1. The average Bonchev–Trinajstić information content (AvgIpc) is 3.31. The number of amides is 1. The van der Waals surface area contributed by atoms with Crippen molar-refractivity contribution in [2.24, 2.45) is 4.99 Å². The average molecular weight is 394 g/mol. The van der Waals surface area contributed by atoms with Crippen LogP contribution in [0.3, 0.4) is 0 Å². The van der Waals surface area contributed by atoms with Crippen LogP contribution in [0, 0.1) is 0 Å². The van der Waals surface area contributed by atoms with Gasteiger partial charge in [0.05, 0.1) is 6.04 Å². The van der Waals surface area contributed by atoms with Gasteiger partial charge in [-0.05, 0) is 49.2 Å². The maximum atomic E-state index is 11.7. The molecule has 1 unspecified atom stereocenters. The Balaban J connectivity index is 1.56. The molecule has 1 atom stereocenters. The number of hydrogen-bond donors (Lipinski definition) is 3. The lowest BCUT2D eigenvalue weighted by molar-refractivity contribution is 0.0963. The third kappa shape index (κ3) is 5.81. The second-order valence-electron chi connectivity index (χ2n) is 7.25. The first-order valence-corrected chi connectivity index (χ1v) is 10.3. The lowest BCUT2D eigenvalue weighted by Gasteiger charge is -2.29. The van der Waals surface area contributed by atoms with E-state index in [-0.39, 0.29) is 5.91 Å². The highest BCUT2D eigenvalue weighted by molar-refractivity contribution is 5.93. The van der Waals surface area contributed by atoms with E-state index in [4.69, 9.17) is 0 Å². The molecule has 3 N–H and O–H groups in total. The van der Waals surface area contributed by atoms with E-state index in [0.717, 1.165) is 31.2 Å². The zero-order chi connectivity index (χ0) is 20.5. The maximum Gasteiger partial charge on any atom is 0.251 e. The minimum absolute atomic E-state index is 0.0733. The van der Waals surface area contributed by atoms with Gasteiger partial charge in [-0.25, -0.2) is 0 Å². The number of benzene rings is 2. The Morgan fingerprint density at radius 1 is 1.03 bits per heavy atom. The lowest BCUT2D eigenvalue weighted by atomic mass is 10.1. The van der Waals surface area contributed by atoms with Crippen molar-refractivity contribution >= 4 is 11.9 Å². The third-order valence-electron chi connectivity index (χ3n) is 5.36. The van der Waals surface area contributed by atoms with E-state index in [1.807, 2.05) is 24.3 Å². The fraction of sp³-hybridized carbons (Fsp3) is 0.391. The third-order valence-corrected chi connectivity index (χ3v) is 5.36. The van der Waals surface area contributed by atoms with Crippen molar-refractivity contribution in [2.45, 2.75) is 25.4 Å². The summed E-state index contributed by atoms with van der Waals surface area (Å²) in [5, 5.41) is 9.49. The number of hydrogen-bond acceptors (Lipinski definition) is 3. The van der Waals surface area contributed by atoms with Gasteiger partial charge in [-0.1, -0.05) is 42.5 Å². The minimum atomic E-state index is -0.0733. The van der Waals surface area contributed by atoms with Gasteiger partial charge in [0.2, 0.25) is 0 Å². The van der Waals surface area contributed by atoms with Crippen LogP contribution < -0.4 is 16.0 Å².